The molecule has 236 valence electrons. The summed E-state index contributed by atoms with van der Waals surface area (Å²) in [6.45, 7) is 8.91. The average Bonchev–Trinajstić information content (AvgIpc) is 3.63. The van der Waals surface area contributed by atoms with Crippen LogP contribution in [-0.4, -0.2) is 73.0 Å². The van der Waals surface area contributed by atoms with Crippen molar-refractivity contribution in [1.29, 1.82) is 0 Å². The highest BCUT2D eigenvalue weighted by Gasteiger charge is 2.64. The first-order valence-corrected chi connectivity index (χ1v) is 14.7. The van der Waals surface area contributed by atoms with Gasteiger partial charge in [-0.1, -0.05) is 56.2 Å². The van der Waals surface area contributed by atoms with Crippen molar-refractivity contribution in [3.05, 3.63) is 46.5 Å². The number of hydrogen-bond donors (Lipinski definition) is 3. The first kappa shape index (κ1) is 32.8. The third kappa shape index (κ3) is 7.17. The maximum Gasteiger partial charge on any atom is 0.409 e. The Morgan fingerprint density at radius 2 is 1.95 bits per heavy atom. The standard InChI is InChI=1S/C31H41ClN2O9/c1-16(2)28(36)42-24-14-25(35)33-20-12-19(13-21(39-6)26(20)32)11-17(3)9-8-10-23(40-7)31(38)15-22(41-29(37)34-31)18(4)27-30(24,5)43-27/h8-10,12-13,16,18,22-24,27,38H,11,14-15H2,1-7H3,(H,33,35)(H,34,37)/b10-8-,17-9+/t18-,22?,23+,24+,27?,30+,31-/m0/s1. The molecule has 2 unspecified atom stereocenters. The highest BCUT2D eigenvalue weighted by Crippen LogP contribution is 2.49. The van der Waals surface area contributed by atoms with Crippen molar-refractivity contribution < 1.29 is 43.2 Å². The molecule has 7 atom stereocenters. The van der Waals surface area contributed by atoms with Gasteiger partial charge in [0.2, 0.25) is 5.91 Å². The van der Waals surface area contributed by atoms with Crippen molar-refractivity contribution in [1.82, 2.24) is 5.32 Å². The average molecular weight is 621 g/mol. The first-order chi connectivity index (χ1) is 20.2. The zero-order chi connectivity index (χ0) is 31.7. The number of amides is 2. The highest BCUT2D eigenvalue weighted by atomic mass is 35.5. The van der Waals surface area contributed by atoms with Crippen LogP contribution in [0.15, 0.2) is 35.9 Å². The van der Waals surface area contributed by atoms with Gasteiger partial charge < -0.3 is 34.1 Å². The van der Waals surface area contributed by atoms with Crippen LogP contribution in [0.3, 0.4) is 0 Å². The van der Waals surface area contributed by atoms with Gasteiger partial charge in [-0.25, -0.2) is 4.79 Å². The number of anilines is 1. The quantitative estimate of drug-likeness (QED) is 0.331. The van der Waals surface area contributed by atoms with Gasteiger partial charge >= 0.3 is 12.1 Å². The second kappa shape index (κ2) is 12.9. The number of allylic oxidation sites excluding steroid dienone is 3. The number of halogens is 1. The number of nitrogens with one attached hydrogen (secondary N) is 2. The Balaban J connectivity index is 1.76. The molecule has 4 bridgehead atoms. The smallest absolute Gasteiger partial charge is 0.409 e. The van der Waals surface area contributed by atoms with Gasteiger partial charge in [-0.05, 0) is 38.0 Å². The Kier molecular flexibility index (Phi) is 9.80. The fraction of sp³-hybridized carbons (Fsp3) is 0.581. The number of carbonyl (C=O) groups is 3. The SMILES string of the molecule is COc1cc2cc(c1Cl)NC(=O)C[C@@H](OC(=O)C(C)C)[C@@]1(C)OC1[C@@H](C)C1C[C@@](O)(NC(=O)O1)[C@H](OC)/C=C\C=C(/C)C2. The van der Waals surface area contributed by atoms with E-state index < -0.39 is 65.5 Å². The van der Waals surface area contributed by atoms with E-state index in [2.05, 4.69) is 10.6 Å². The van der Waals surface area contributed by atoms with E-state index in [-0.39, 0.29) is 17.9 Å². The molecular weight excluding hydrogens is 580 g/mol. The molecule has 12 heteroatoms. The lowest BCUT2D eigenvalue weighted by atomic mass is 9.83. The molecule has 3 aliphatic rings. The maximum atomic E-state index is 13.4. The van der Waals surface area contributed by atoms with Crippen LogP contribution in [0.2, 0.25) is 5.02 Å². The van der Waals surface area contributed by atoms with Crippen molar-refractivity contribution in [3.63, 3.8) is 0 Å². The molecule has 3 heterocycles. The number of epoxide rings is 1. The summed E-state index contributed by atoms with van der Waals surface area (Å²) >= 11 is 6.57. The van der Waals surface area contributed by atoms with Crippen molar-refractivity contribution in [2.75, 3.05) is 19.5 Å². The van der Waals surface area contributed by atoms with Gasteiger partial charge in [-0.15, -0.1) is 0 Å². The number of ether oxygens (including phenoxy) is 5. The summed E-state index contributed by atoms with van der Waals surface area (Å²) < 4.78 is 28.6. The number of hydrogen-bond acceptors (Lipinski definition) is 9. The lowest BCUT2D eigenvalue weighted by Gasteiger charge is -2.42. The van der Waals surface area contributed by atoms with Crippen LogP contribution in [0, 0.1) is 11.8 Å². The molecule has 3 aliphatic heterocycles. The predicted molar refractivity (Wildman–Crippen MR) is 159 cm³/mol. The second-order valence-electron chi connectivity index (χ2n) is 12.0. The number of alkyl carbamates (subject to hydrolysis) is 1. The number of benzene rings is 1. The van der Waals surface area contributed by atoms with Gasteiger partial charge in [0.05, 0.1) is 31.2 Å². The van der Waals surface area contributed by atoms with E-state index in [4.69, 9.17) is 35.3 Å². The predicted octanol–water partition coefficient (Wildman–Crippen LogP) is 4.30. The van der Waals surface area contributed by atoms with Crippen LogP contribution < -0.4 is 15.4 Å². The van der Waals surface area contributed by atoms with Crippen LogP contribution in [0.5, 0.6) is 5.75 Å². The lowest BCUT2D eigenvalue weighted by molar-refractivity contribution is -0.157. The summed E-state index contributed by atoms with van der Waals surface area (Å²) in [5.41, 5.74) is -0.698. The van der Waals surface area contributed by atoms with E-state index in [0.717, 1.165) is 11.1 Å². The minimum atomic E-state index is -1.77. The summed E-state index contributed by atoms with van der Waals surface area (Å²) in [6, 6.07) is 3.56. The van der Waals surface area contributed by atoms with Crippen LogP contribution in [0.4, 0.5) is 10.5 Å². The Hall–Kier alpha value is -3.12. The van der Waals surface area contributed by atoms with Crippen molar-refractivity contribution in [2.45, 2.75) is 89.6 Å². The van der Waals surface area contributed by atoms with Gasteiger partial charge in [-0.2, -0.15) is 0 Å². The Bertz CT molecular complexity index is 1310. The fourth-order valence-electron chi connectivity index (χ4n) is 5.68. The molecule has 2 fully saturated rings. The first-order valence-electron chi connectivity index (χ1n) is 14.3. The largest absolute Gasteiger partial charge is 0.495 e. The molecule has 0 aliphatic carbocycles. The number of rotatable bonds is 4. The third-order valence-corrected chi connectivity index (χ3v) is 8.64. The molecule has 43 heavy (non-hydrogen) atoms. The summed E-state index contributed by atoms with van der Waals surface area (Å²) in [4.78, 5) is 38.8. The molecule has 1 aromatic rings. The summed E-state index contributed by atoms with van der Waals surface area (Å²) in [5, 5.41) is 17.2. The van der Waals surface area contributed by atoms with Gasteiger partial charge in [0.25, 0.3) is 0 Å². The Morgan fingerprint density at radius 3 is 2.60 bits per heavy atom. The Morgan fingerprint density at radius 1 is 1.23 bits per heavy atom. The van der Waals surface area contributed by atoms with E-state index in [0.29, 0.717) is 17.9 Å². The molecule has 0 spiro atoms. The van der Waals surface area contributed by atoms with Crippen LogP contribution in [0.25, 0.3) is 0 Å². The Labute approximate surface area is 256 Å². The van der Waals surface area contributed by atoms with E-state index >= 15 is 0 Å². The molecule has 4 rings (SSSR count). The molecule has 2 saturated heterocycles. The molecular formula is C31H41ClN2O9. The van der Waals surface area contributed by atoms with Crippen molar-refractivity contribution >= 4 is 35.3 Å². The minimum Gasteiger partial charge on any atom is -0.495 e. The van der Waals surface area contributed by atoms with Gasteiger partial charge in [0, 0.05) is 19.4 Å². The highest BCUT2D eigenvalue weighted by molar-refractivity contribution is 6.35. The van der Waals surface area contributed by atoms with Crippen LogP contribution in [0.1, 0.15) is 53.0 Å². The zero-order valence-electron chi connectivity index (χ0n) is 25.6. The van der Waals surface area contributed by atoms with Crippen LogP contribution in [-0.2, 0) is 35.0 Å². The number of esters is 1. The number of carbonyl (C=O) groups excluding carboxylic acids is 3. The van der Waals surface area contributed by atoms with E-state index in [9.17, 15) is 19.5 Å². The zero-order valence-corrected chi connectivity index (χ0v) is 26.3. The summed E-state index contributed by atoms with van der Waals surface area (Å²) in [6.07, 6.45) is 1.59. The van der Waals surface area contributed by atoms with Crippen LogP contribution >= 0.6 is 11.6 Å². The number of fused-ring (bicyclic) bond motifs is 5. The minimum absolute atomic E-state index is 0.00243. The van der Waals surface area contributed by atoms with Gasteiger partial charge in [0.1, 0.15) is 34.7 Å². The van der Waals surface area contributed by atoms with Gasteiger partial charge in [0.15, 0.2) is 5.72 Å². The number of aliphatic hydroxyl groups is 1. The lowest BCUT2D eigenvalue weighted by Crippen LogP contribution is -2.63. The molecule has 1 aromatic carbocycles. The molecule has 0 radical (unpaired) electrons. The summed E-state index contributed by atoms with van der Waals surface area (Å²) in [5.74, 6) is -1.41. The van der Waals surface area contributed by atoms with E-state index in [1.54, 1.807) is 45.1 Å². The van der Waals surface area contributed by atoms with Gasteiger partial charge in [-0.3, -0.25) is 14.9 Å². The van der Waals surface area contributed by atoms with Crippen molar-refractivity contribution in [3.8, 4) is 5.75 Å². The molecule has 2 amide bonds. The van der Waals surface area contributed by atoms with Crippen molar-refractivity contribution in [2.24, 2.45) is 11.8 Å². The topological polar surface area (TPSA) is 145 Å². The molecule has 3 N–H and O–H groups in total. The summed E-state index contributed by atoms with van der Waals surface area (Å²) in [7, 11) is 2.94. The molecule has 0 aromatic heterocycles. The fourth-order valence-corrected chi connectivity index (χ4v) is 5.92. The maximum absolute atomic E-state index is 13.4. The van der Waals surface area contributed by atoms with E-state index in [1.807, 2.05) is 19.9 Å². The monoisotopic (exact) mass is 620 g/mol. The molecule has 11 nitrogen and oxygen atoms in total. The molecule has 0 saturated carbocycles. The second-order valence-corrected chi connectivity index (χ2v) is 12.4. The van der Waals surface area contributed by atoms with E-state index in [1.165, 1.54) is 14.2 Å². The number of methoxy groups -OCH3 is 2. The normalized spacial score (nSPS) is 34.9. The third-order valence-electron chi connectivity index (χ3n) is 8.25.